The number of methoxy groups -OCH3 is 1. The highest BCUT2D eigenvalue weighted by atomic mass is 79.9. The number of carbonyl (C=O) groups excluding carboxylic acids is 1. The molecule has 0 aliphatic heterocycles. The maximum atomic E-state index is 12.2. The van der Waals surface area contributed by atoms with Crippen LogP contribution in [0, 0.1) is 21.4 Å². The zero-order valence-electron chi connectivity index (χ0n) is 13.5. The summed E-state index contributed by atoms with van der Waals surface area (Å²) in [7, 11) is 1.36. The monoisotopic (exact) mass is 416 g/mol. The van der Waals surface area contributed by atoms with Crippen LogP contribution in [0.5, 0.6) is 5.75 Å². The fraction of sp³-hybridized carbons (Fsp3) is 0.0588. The molecule has 2 aromatic rings. The van der Waals surface area contributed by atoms with Crippen molar-refractivity contribution in [1.82, 2.24) is 0 Å². The number of nitriles is 1. The summed E-state index contributed by atoms with van der Waals surface area (Å²) in [6, 6.07) is 12.6. The third kappa shape index (κ3) is 4.81. The summed E-state index contributed by atoms with van der Waals surface area (Å²) in [5.41, 5.74) is 0.604. The fourth-order valence-corrected chi connectivity index (χ4v) is 2.21. The van der Waals surface area contributed by atoms with Crippen LogP contribution < -0.4 is 15.4 Å². The molecule has 0 radical (unpaired) electrons. The first-order chi connectivity index (χ1) is 12.4. The summed E-state index contributed by atoms with van der Waals surface area (Å²) in [4.78, 5) is 22.4. The smallest absolute Gasteiger partial charge is 0.273 e. The largest absolute Gasteiger partial charge is 0.494 e. The maximum Gasteiger partial charge on any atom is 0.273 e. The molecule has 0 fully saturated rings. The Morgan fingerprint density at radius 3 is 2.58 bits per heavy atom. The first-order valence-corrected chi connectivity index (χ1v) is 8.00. The van der Waals surface area contributed by atoms with Gasteiger partial charge in [-0.2, -0.15) is 5.26 Å². The first-order valence-electron chi connectivity index (χ1n) is 7.20. The molecule has 132 valence electrons. The summed E-state index contributed by atoms with van der Waals surface area (Å²) >= 11 is 3.29. The van der Waals surface area contributed by atoms with E-state index in [-0.39, 0.29) is 17.0 Å². The van der Waals surface area contributed by atoms with E-state index in [2.05, 4.69) is 26.6 Å². The van der Waals surface area contributed by atoms with Gasteiger partial charge < -0.3 is 15.4 Å². The Kier molecular flexibility index (Phi) is 6.30. The second kappa shape index (κ2) is 8.64. The third-order valence-corrected chi connectivity index (χ3v) is 3.76. The van der Waals surface area contributed by atoms with Crippen LogP contribution in [0.1, 0.15) is 0 Å². The molecule has 0 bridgehead atoms. The van der Waals surface area contributed by atoms with Gasteiger partial charge in [-0.05, 0) is 30.3 Å². The second-order valence-corrected chi connectivity index (χ2v) is 5.83. The van der Waals surface area contributed by atoms with E-state index in [0.29, 0.717) is 11.4 Å². The Morgan fingerprint density at radius 2 is 2.00 bits per heavy atom. The number of nitrogens with one attached hydrogen (secondary N) is 2. The van der Waals surface area contributed by atoms with E-state index in [1.54, 1.807) is 30.3 Å². The van der Waals surface area contributed by atoms with Gasteiger partial charge >= 0.3 is 0 Å². The first kappa shape index (κ1) is 19.0. The minimum atomic E-state index is -0.594. The summed E-state index contributed by atoms with van der Waals surface area (Å²) in [5, 5.41) is 25.3. The Labute approximate surface area is 157 Å². The molecule has 8 nitrogen and oxygen atoms in total. The van der Waals surface area contributed by atoms with Gasteiger partial charge in [-0.15, -0.1) is 0 Å². The molecule has 0 unspecified atom stereocenters. The molecule has 0 atom stereocenters. The van der Waals surface area contributed by atoms with Crippen LogP contribution in [0.25, 0.3) is 0 Å². The predicted molar refractivity (Wildman–Crippen MR) is 99.7 cm³/mol. The molecule has 0 saturated carbocycles. The standard InChI is InChI=1S/C17H13BrN4O4/c1-26-16-8-14(22(24)25)6-7-15(16)20-10-11(9-19)17(23)21-13-4-2-12(18)3-5-13/h2-8,10,20H,1H3,(H,21,23)/b11-10-. The number of hydrogen-bond donors (Lipinski definition) is 2. The van der Waals surface area contributed by atoms with Crippen molar-refractivity contribution < 1.29 is 14.5 Å². The number of non-ortho nitro benzene ring substituents is 1. The van der Waals surface area contributed by atoms with Gasteiger partial charge in [0.15, 0.2) is 0 Å². The van der Waals surface area contributed by atoms with Crippen molar-refractivity contribution in [2.24, 2.45) is 0 Å². The van der Waals surface area contributed by atoms with Gasteiger partial charge in [0.1, 0.15) is 17.4 Å². The van der Waals surface area contributed by atoms with Crippen molar-refractivity contribution in [3.05, 3.63) is 68.8 Å². The highest BCUT2D eigenvalue weighted by Crippen LogP contribution is 2.29. The zero-order valence-corrected chi connectivity index (χ0v) is 15.1. The zero-order chi connectivity index (χ0) is 19.1. The number of carbonyl (C=O) groups is 1. The van der Waals surface area contributed by atoms with Gasteiger partial charge in [-0.1, -0.05) is 15.9 Å². The highest BCUT2D eigenvalue weighted by molar-refractivity contribution is 9.10. The second-order valence-electron chi connectivity index (χ2n) is 4.92. The summed E-state index contributed by atoms with van der Waals surface area (Å²) in [6.07, 6.45) is 1.21. The van der Waals surface area contributed by atoms with Gasteiger partial charge in [0.05, 0.1) is 23.8 Å². The molecular formula is C17H13BrN4O4. The number of benzene rings is 2. The van der Waals surface area contributed by atoms with Crippen LogP contribution in [0.4, 0.5) is 17.1 Å². The number of anilines is 2. The highest BCUT2D eigenvalue weighted by Gasteiger charge is 2.13. The lowest BCUT2D eigenvalue weighted by molar-refractivity contribution is -0.384. The normalized spacial score (nSPS) is 10.6. The molecule has 2 N–H and O–H groups in total. The van der Waals surface area contributed by atoms with Crippen LogP contribution in [-0.4, -0.2) is 17.9 Å². The van der Waals surface area contributed by atoms with E-state index in [1.165, 1.54) is 31.5 Å². The number of rotatable bonds is 6. The molecule has 2 aromatic carbocycles. The molecule has 26 heavy (non-hydrogen) atoms. The van der Waals surface area contributed by atoms with E-state index in [4.69, 9.17) is 4.74 Å². The molecule has 2 rings (SSSR count). The summed E-state index contributed by atoms with van der Waals surface area (Å²) in [6.45, 7) is 0. The van der Waals surface area contributed by atoms with E-state index in [1.807, 2.05) is 0 Å². The Balaban J connectivity index is 2.16. The minimum Gasteiger partial charge on any atom is -0.494 e. The van der Waals surface area contributed by atoms with E-state index in [9.17, 15) is 20.2 Å². The van der Waals surface area contributed by atoms with Crippen LogP contribution in [-0.2, 0) is 4.79 Å². The number of nitro groups is 1. The van der Waals surface area contributed by atoms with Gasteiger partial charge in [-0.25, -0.2) is 0 Å². The molecule has 0 saturated heterocycles. The molecule has 9 heteroatoms. The summed E-state index contributed by atoms with van der Waals surface area (Å²) in [5.74, 6) is -0.385. The van der Waals surface area contributed by atoms with Gasteiger partial charge in [0, 0.05) is 22.4 Å². The molecule has 0 aliphatic rings. The molecule has 0 spiro atoms. The Hall–Kier alpha value is -3.38. The van der Waals surface area contributed by atoms with Gasteiger partial charge in [-0.3, -0.25) is 14.9 Å². The van der Waals surface area contributed by atoms with Gasteiger partial charge in [0.2, 0.25) is 0 Å². The SMILES string of the molecule is COc1cc([N+](=O)[O-])ccc1N/C=C(/C#N)C(=O)Nc1ccc(Br)cc1. The molecule has 0 aliphatic carbocycles. The lowest BCUT2D eigenvalue weighted by Gasteiger charge is -2.09. The molecule has 0 heterocycles. The van der Waals surface area contributed by atoms with Crippen molar-refractivity contribution in [1.29, 1.82) is 5.26 Å². The Morgan fingerprint density at radius 1 is 1.31 bits per heavy atom. The van der Waals surface area contributed by atoms with Crippen LogP contribution >= 0.6 is 15.9 Å². The van der Waals surface area contributed by atoms with E-state index < -0.39 is 10.8 Å². The number of nitrogens with zero attached hydrogens (tertiary/aromatic N) is 2. The van der Waals surface area contributed by atoms with Crippen molar-refractivity contribution in [2.45, 2.75) is 0 Å². The van der Waals surface area contributed by atoms with Crippen LogP contribution in [0.2, 0.25) is 0 Å². The number of ether oxygens (including phenoxy) is 1. The van der Waals surface area contributed by atoms with Crippen molar-refractivity contribution in [3.8, 4) is 11.8 Å². The number of halogens is 1. The fourth-order valence-electron chi connectivity index (χ4n) is 1.94. The van der Waals surface area contributed by atoms with Crippen LogP contribution in [0.3, 0.4) is 0 Å². The molecule has 0 aromatic heterocycles. The van der Waals surface area contributed by atoms with Crippen molar-refractivity contribution in [2.75, 3.05) is 17.7 Å². The Bertz CT molecular complexity index is 904. The van der Waals surface area contributed by atoms with Crippen LogP contribution in [0.15, 0.2) is 58.7 Å². The average molecular weight is 417 g/mol. The topological polar surface area (TPSA) is 117 Å². The molecular weight excluding hydrogens is 404 g/mol. The average Bonchev–Trinajstić information content (AvgIpc) is 2.64. The van der Waals surface area contributed by atoms with Gasteiger partial charge in [0.25, 0.3) is 11.6 Å². The van der Waals surface area contributed by atoms with E-state index >= 15 is 0 Å². The number of hydrogen-bond acceptors (Lipinski definition) is 6. The maximum absolute atomic E-state index is 12.2. The lowest BCUT2D eigenvalue weighted by Crippen LogP contribution is -2.14. The van der Waals surface area contributed by atoms with E-state index in [0.717, 1.165) is 4.47 Å². The van der Waals surface area contributed by atoms with Crippen molar-refractivity contribution in [3.63, 3.8) is 0 Å². The number of nitro benzene ring substituents is 1. The third-order valence-electron chi connectivity index (χ3n) is 3.24. The predicted octanol–water partition coefficient (Wildman–Crippen LogP) is 3.82. The molecule has 1 amide bonds. The quantitative estimate of drug-likeness (QED) is 0.319. The summed E-state index contributed by atoms with van der Waals surface area (Å²) < 4.78 is 5.95. The number of amides is 1. The van der Waals surface area contributed by atoms with Crippen molar-refractivity contribution >= 4 is 38.9 Å². The minimum absolute atomic E-state index is 0.134. The lowest BCUT2D eigenvalue weighted by atomic mass is 10.2.